The summed E-state index contributed by atoms with van der Waals surface area (Å²) in [4.78, 5) is 10.6. The molecule has 90 valence electrons. The van der Waals surface area contributed by atoms with E-state index in [0.29, 0.717) is 12.8 Å². The Balaban J connectivity index is 4.22. The smallest absolute Gasteiger partial charge is 0.414 e. The molecule has 3 nitrogen and oxygen atoms in total. The average molecular weight is 228 g/mol. The lowest BCUT2D eigenvalue weighted by Gasteiger charge is -2.21. The maximum atomic E-state index is 12.1. The molecule has 2 atom stereocenters. The molecule has 0 rings (SSSR count). The van der Waals surface area contributed by atoms with Crippen molar-refractivity contribution in [3.05, 3.63) is 0 Å². The summed E-state index contributed by atoms with van der Waals surface area (Å²) in [5, 5.41) is 8.62. The molecule has 0 saturated heterocycles. The summed E-state index contributed by atoms with van der Waals surface area (Å²) in [7, 11) is 0. The highest BCUT2D eigenvalue weighted by Gasteiger charge is 2.39. The van der Waals surface area contributed by atoms with Gasteiger partial charge in [-0.3, -0.25) is 0 Å². The number of hydrogen-bond acceptors (Lipinski definition) is 2. The lowest BCUT2D eigenvalue weighted by Crippen LogP contribution is -2.36. The minimum Gasteiger partial charge on any atom is -0.479 e. The Morgan fingerprint density at radius 3 is 2.33 bits per heavy atom. The number of halogens is 3. The summed E-state index contributed by atoms with van der Waals surface area (Å²) in [5.41, 5.74) is 0. The van der Waals surface area contributed by atoms with Gasteiger partial charge in [-0.05, 0) is 13.3 Å². The second kappa shape index (κ2) is 5.95. The molecule has 0 fully saturated rings. The zero-order chi connectivity index (χ0) is 12.1. The van der Waals surface area contributed by atoms with Gasteiger partial charge in [0.15, 0.2) is 12.2 Å². The van der Waals surface area contributed by atoms with Gasteiger partial charge in [0.25, 0.3) is 0 Å². The van der Waals surface area contributed by atoms with Crippen molar-refractivity contribution in [1.82, 2.24) is 0 Å². The van der Waals surface area contributed by atoms with Crippen molar-refractivity contribution in [3.8, 4) is 0 Å². The summed E-state index contributed by atoms with van der Waals surface area (Å²) >= 11 is 0. The number of carboxylic acid groups (broad SMARTS) is 1. The molecule has 15 heavy (non-hydrogen) atoms. The van der Waals surface area contributed by atoms with E-state index in [-0.39, 0.29) is 6.42 Å². The molecule has 0 heterocycles. The van der Waals surface area contributed by atoms with E-state index < -0.39 is 24.4 Å². The average Bonchev–Trinajstić information content (AvgIpc) is 2.09. The minimum absolute atomic E-state index is 0.103. The highest BCUT2D eigenvalue weighted by atomic mass is 19.4. The first-order chi connectivity index (χ1) is 6.79. The van der Waals surface area contributed by atoms with E-state index in [9.17, 15) is 18.0 Å². The molecule has 2 unspecified atom stereocenters. The van der Waals surface area contributed by atoms with Crippen LogP contribution in [0.2, 0.25) is 0 Å². The Labute approximate surface area is 86.2 Å². The fourth-order valence-corrected chi connectivity index (χ4v) is 0.963. The molecule has 6 heteroatoms. The van der Waals surface area contributed by atoms with Crippen molar-refractivity contribution >= 4 is 5.97 Å². The Bertz CT molecular complexity index is 203. The molecule has 0 aliphatic heterocycles. The normalized spacial score (nSPS) is 16.1. The van der Waals surface area contributed by atoms with Crippen LogP contribution in [-0.4, -0.2) is 29.5 Å². The van der Waals surface area contributed by atoms with Crippen LogP contribution in [0.5, 0.6) is 0 Å². The molecule has 0 amide bonds. The number of unbranched alkanes of at least 4 members (excludes halogenated alkanes) is 1. The molecule has 0 spiro atoms. The predicted molar refractivity (Wildman–Crippen MR) is 47.6 cm³/mol. The monoisotopic (exact) mass is 228 g/mol. The van der Waals surface area contributed by atoms with E-state index in [1.54, 1.807) is 0 Å². The molecule has 0 aliphatic carbocycles. The van der Waals surface area contributed by atoms with Gasteiger partial charge < -0.3 is 9.84 Å². The van der Waals surface area contributed by atoms with Crippen molar-refractivity contribution in [2.24, 2.45) is 0 Å². The first kappa shape index (κ1) is 14.2. The predicted octanol–water partition coefficient (Wildman–Crippen LogP) is 2.60. The Morgan fingerprint density at radius 2 is 2.00 bits per heavy atom. The standard InChI is InChI=1S/C9H15F3O3/c1-3-4-5-7(8(13)14)15-6(2)9(10,11)12/h6-7H,3-5H2,1-2H3,(H,13,14). The third kappa shape index (κ3) is 5.61. The van der Waals surface area contributed by atoms with Gasteiger partial charge in [0.05, 0.1) is 0 Å². The molecule has 0 aromatic heterocycles. The topological polar surface area (TPSA) is 46.5 Å². The van der Waals surface area contributed by atoms with Crippen LogP contribution >= 0.6 is 0 Å². The number of carbonyl (C=O) groups is 1. The van der Waals surface area contributed by atoms with E-state index in [1.807, 2.05) is 6.92 Å². The number of aliphatic carboxylic acids is 1. The lowest BCUT2D eigenvalue weighted by molar-refractivity contribution is -0.229. The van der Waals surface area contributed by atoms with Gasteiger partial charge in [-0.15, -0.1) is 0 Å². The van der Waals surface area contributed by atoms with Crippen LogP contribution < -0.4 is 0 Å². The molecule has 0 aromatic rings. The number of alkyl halides is 3. The zero-order valence-corrected chi connectivity index (χ0v) is 8.67. The van der Waals surface area contributed by atoms with Gasteiger partial charge >= 0.3 is 12.1 Å². The SMILES string of the molecule is CCCCC(OC(C)C(F)(F)F)C(=O)O. The van der Waals surface area contributed by atoms with E-state index in [0.717, 1.165) is 6.92 Å². The Hall–Kier alpha value is -0.780. The van der Waals surface area contributed by atoms with Crippen LogP contribution in [-0.2, 0) is 9.53 Å². The van der Waals surface area contributed by atoms with Crippen molar-refractivity contribution < 1.29 is 27.8 Å². The number of carboxylic acids is 1. The van der Waals surface area contributed by atoms with E-state index in [2.05, 4.69) is 4.74 Å². The second-order valence-electron chi connectivity index (χ2n) is 3.29. The largest absolute Gasteiger partial charge is 0.479 e. The third-order valence-electron chi connectivity index (χ3n) is 1.92. The first-order valence-electron chi connectivity index (χ1n) is 4.74. The van der Waals surface area contributed by atoms with Gasteiger partial charge in [0, 0.05) is 0 Å². The number of hydrogen-bond donors (Lipinski definition) is 1. The molecule has 0 aromatic carbocycles. The van der Waals surface area contributed by atoms with Gasteiger partial charge in [-0.1, -0.05) is 19.8 Å². The van der Waals surface area contributed by atoms with Crippen molar-refractivity contribution in [2.45, 2.75) is 51.5 Å². The molecule has 0 aliphatic rings. The van der Waals surface area contributed by atoms with E-state index >= 15 is 0 Å². The molecule has 0 bridgehead atoms. The lowest BCUT2D eigenvalue weighted by atomic mass is 10.1. The van der Waals surface area contributed by atoms with Crippen LogP contribution in [0.15, 0.2) is 0 Å². The van der Waals surface area contributed by atoms with Gasteiger partial charge in [0.2, 0.25) is 0 Å². The van der Waals surface area contributed by atoms with Crippen LogP contribution in [0.3, 0.4) is 0 Å². The van der Waals surface area contributed by atoms with E-state index in [4.69, 9.17) is 5.11 Å². The maximum absolute atomic E-state index is 12.1. The summed E-state index contributed by atoms with van der Waals surface area (Å²) in [6.45, 7) is 2.63. The third-order valence-corrected chi connectivity index (χ3v) is 1.92. The van der Waals surface area contributed by atoms with Gasteiger partial charge in [-0.2, -0.15) is 13.2 Å². The molecular weight excluding hydrogens is 213 g/mol. The summed E-state index contributed by atoms with van der Waals surface area (Å²) in [6.07, 6.45) is -6.58. The molecule has 0 radical (unpaired) electrons. The van der Waals surface area contributed by atoms with Gasteiger partial charge in [-0.25, -0.2) is 4.79 Å². The number of rotatable bonds is 6. The van der Waals surface area contributed by atoms with Gasteiger partial charge in [0.1, 0.15) is 0 Å². The Morgan fingerprint density at radius 1 is 1.47 bits per heavy atom. The minimum atomic E-state index is -4.51. The number of ether oxygens (including phenoxy) is 1. The van der Waals surface area contributed by atoms with Crippen LogP contribution in [0, 0.1) is 0 Å². The molecule has 1 N–H and O–H groups in total. The quantitative estimate of drug-likeness (QED) is 0.760. The van der Waals surface area contributed by atoms with Crippen LogP contribution in [0.25, 0.3) is 0 Å². The van der Waals surface area contributed by atoms with E-state index in [1.165, 1.54) is 0 Å². The summed E-state index contributed by atoms with van der Waals surface area (Å²) in [5.74, 6) is -1.35. The van der Waals surface area contributed by atoms with Crippen LogP contribution in [0.4, 0.5) is 13.2 Å². The summed E-state index contributed by atoms with van der Waals surface area (Å²) < 4.78 is 40.7. The fourth-order valence-electron chi connectivity index (χ4n) is 0.963. The summed E-state index contributed by atoms with van der Waals surface area (Å²) in [6, 6.07) is 0. The fraction of sp³-hybridized carbons (Fsp3) is 0.889. The highest BCUT2D eigenvalue weighted by molar-refractivity contribution is 5.72. The molecule has 0 saturated carbocycles. The maximum Gasteiger partial charge on any atom is 0.414 e. The first-order valence-corrected chi connectivity index (χ1v) is 4.74. The molecular formula is C9H15F3O3. The van der Waals surface area contributed by atoms with Crippen molar-refractivity contribution in [2.75, 3.05) is 0 Å². The van der Waals surface area contributed by atoms with Crippen molar-refractivity contribution in [1.29, 1.82) is 0 Å². The second-order valence-corrected chi connectivity index (χ2v) is 3.29. The van der Waals surface area contributed by atoms with Crippen LogP contribution in [0.1, 0.15) is 33.1 Å². The van der Waals surface area contributed by atoms with Crippen molar-refractivity contribution in [3.63, 3.8) is 0 Å². The zero-order valence-electron chi connectivity index (χ0n) is 8.67. The Kier molecular flexibility index (Phi) is 5.64. The highest BCUT2D eigenvalue weighted by Crippen LogP contribution is 2.24.